The molecule has 1 aliphatic heterocycles. The lowest BCUT2D eigenvalue weighted by Crippen LogP contribution is -2.40. The molecule has 0 saturated carbocycles. The fourth-order valence-electron chi connectivity index (χ4n) is 3.27. The standard InChI is InChI=1S/C19H30F2N4O2.HI/c1-4-8-25-9-7-14(13-25)11-23-19(22-2)24-12-15-10-16(26-3)5-6-17(15)27-18(20)21;/h5-6,10,14,18H,4,7-9,11-13H2,1-3H3,(H2,22,23,24);1H. The fourth-order valence-corrected chi connectivity index (χ4v) is 3.27. The summed E-state index contributed by atoms with van der Waals surface area (Å²) < 4.78 is 35.0. The van der Waals surface area contributed by atoms with Gasteiger partial charge in [-0.3, -0.25) is 4.99 Å². The lowest BCUT2D eigenvalue weighted by Gasteiger charge is -2.18. The number of guanidine groups is 1. The van der Waals surface area contributed by atoms with Crippen LogP contribution in [0.4, 0.5) is 8.78 Å². The van der Waals surface area contributed by atoms with E-state index in [0.29, 0.717) is 29.7 Å². The molecule has 0 bridgehead atoms. The highest BCUT2D eigenvalue weighted by Crippen LogP contribution is 2.25. The molecular formula is C19H31F2IN4O2. The van der Waals surface area contributed by atoms with Crippen LogP contribution in [0.1, 0.15) is 25.3 Å². The Kier molecular flexibility index (Phi) is 11.4. The van der Waals surface area contributed by atoms with Crippen LogP contribution in [0, 0.1) is 5.92 Å². The summed E-state index contributed by atoms with van der Waals surface area (Å²) in [6.07, 6.45) is 2.35. The smallest absolute Gasteiger partial charge is 0.387 e. The highest BCUT2D eigenvalue weighted by molar-refractivity contribution is 14.0. The number of hydrogen-bond donors (Lipinski definition) is 2. The molecule has 0 amide bonds. The SMILES string of the molecule is CCCN1CCC(CNC(=NC)NCc2cc(OC)ccc2OC(F)F)C1.I. The van der Waals surface area contributed by atoms with Crippen molar-refractivity contribution >= 4 is 29.9 Å². The van der Waals surface area contributed by atoms with E-state index < -0.39 is 6.61 Å². The van der Waals surface area contributed by atoms with Gasteiger partial charge in [0.1, 0.15) is 11.5 Å². The van der Waals surface area contributed by atoms with Crippen LogP contribution in [0.25, 0.3) is 0 Å². The van der Waals surface area contributed by atoms with Crippen molar-refractivity contribution in [3.8, 4) is 11.5 Å². The van der Waals surface area contributed by atoms with E-state index in [9.17, 15) is 8.78 Å². The summed E-state index contributed by atoms with van der Waals surface area (Å²) in [6, 6.07) is 4.76. The monoisotopic (exact) mass is 512 g/mol. The third kappa shape index (κ3) is 7.94. The van der Waals surface area contributed by atoms with E-state index in [1.807, 2.05) is 0 Å². The van der Waals surface area contributed by atoms with Gasteiger partial charge in [0.25, 0.3) is 0 Å². The summed E-state index contributed by atoms with van der Waals surface area (Å²) >= 11 is 0. The number of ether oxygens (including phenoxy) is 2. The summed E-state index contributed by atoms with van der Waals surface area (Å²) in [5.41, 5.74) is 0.576. The third-order valence-corrected chi connectivity index (χ3v) is 4.62. The van der Waals surface area contributed by atoms with Gasteiger partial charge < -0.3 is 25.0 Å². The summed E-state index contributed by atoms with van der Waals surface area (Å²) in [6.45, 7) is 3.84. The Hall–Kier alpha value is -1.36. The van der Waals surface area contributed by atoms with E-state index in [1.54, 1.807) is 19.2 Å². The zero-order valence-corrected chi connectivity index (χ0v) is 19.0. The molecule has 0 aliphatic carbocycles. The number of benzene rings is 1. The molecule has 1 aromatic rings. The maximum absolute atomic E-state index is 12.6. The van der Waals surface area contributed by atoms with Crippen molar-refractivity contribution in [2.24, 2.45) is 10.9 Å². The Morgan fingerprint density at radius 3 is 2.79 bits per heavy atom. The van der Waals surface area contributed by atoms with Crippen molar-refractivity contribution in [2.75, 3.05) is 40.3 Å². The molecular weight excluding hydrogens is 481 g/mol. The van der Waals surface area contributed by atoms with Gasteiger partial charge >= 0.3 is 6.61 Å². The number of nitrogens with zero attached hydrogens (tertiary/aromatic N) is 2. The van der Waals surface area contributed by atoms with Crippen LogP contribution in [0.15, 0.2) is 23.2 Å². The zero-order chi connectivity index (χ0) is 19.6. The number of methoxy groups -OCH3 is 1. The average molecular weight is 512 g/mol. The van der Waals surface area contributed by atoms with Gasteiger partial charge in [-0.05, 0) is 50.0 Å². The maximum atomic E-state index is 12.6. The molecule has 1 unspecified atom stereocenters. The molecule has 9 heteroatoms. The molecule has 1 saturated heterocycles. The quantitative estimate of drug-likeness (QED) is 0.302. The Morgan fingerprint density at radius 2 is 2.14 bits per heavy atom. The Bertz CT molecular complexity index is 620. The van der Waals surface area contributed by atoms with E-state index in [2.05, 4.69) is 32.2 Å². The van der Waals surface area contributed by atoms with Crippen molar-refractivity contribution in [3.05, 3.63) is 23.8 Å². The molecule has 0 radical (unpaired) electrons. The highest BCUT2D eigenvalue weighted by atomic mass is 127. The third-order valence-electron chi connectivity index (χ3n) is 4.62. The van der Waals surface area contributed by atoms with Crippen LogP contribution in [-0.4, -0.2) is 57.8 Å². The first-order valence-corrected chi connectivity index (χ1v) is 9.34. The zero-order valence-electron chi connectivity index (χ0n) is 16.7. The first kappa shape index (κ1) is 24.7. The van der Waals surface area contributed by atoms with Crippen LogP contribution in [0.3, 0.4) is 0 Å². The Morgan fingerprint density at radius 1 is 1.36 bits per heavy atom. The molecule has 1 aromatic carbocycles. The molecule has 6 nitrogen and oxygen atoms in total. The normalized spacial score (nSPS) is 17.4. The molecule has 1 heterocycles. The van der Waals surface area contributed by atoms with Gasteiger partial charge in [-0.2, -0.15) is 8.78 Å². The van der Waals surface area contributed by atoms with Gasteiger partial charge in [0.05, 0.1) is 7.11 Å². The molecule has 1 fully saturated rings. The molecule has 28 heavy (non-hydrogen) atoms. The number of halogens is 3. The number of rotatable bonds is 9. The number of hydrogen-bond acceptors (Lipinski definition) is 4. The van der Waals surface area contributed by atoms with Crippen molar-refractivity contribution in [1.82, 2.24) is 15.5 Å². The molecule has 2 N–H and O–H groups in total. The summed E-state index contributed by atoms with van der Waals surface area (Å²) in [4.78, 5) is 6.69. The molecule has 1 aliphatic rings. The second-order valence-electron chi connectivity index (χ2n) is 6.61. The molecule has 0 aromatic heterocycles. The number of likely N-dealkylation sites (tertiary alicyclic amines) is 1. The van der Waals surface area contributed by atoms with Gasteiger partial charge in [-0.25, -0.2) is 0 Å². The molecule has 0 spiro atoms. The van der Waals surface area contributed by atoms with E-state index in [1.165, 1.54) is 26.0 Å². The minimum Gasteiger partial charge on any atom is -0.497 e. The summed E-state index contributed by atoms with van der Waals surface area (Å²) in [5, 5.41) is 6.48. The van der Waals surface area contributed by atoms with Gasteiger partial charge in [0, 0.05) is 32.2 Å². The van der Waals surface area contributed by atoms with Crippen molar-refractivity contribution in [1.29, 1.82) is 0 Å². The van der Waals surface area contributed by atoms with Crippen molar-refractivity contribution in [2.45, 2.75) is 32.9 Å². The van der Waals surface area contributed by atoms with Gasteiger partial charge in [-0.1, -0.05) is 6.92 Å². The Balaban J connectivity index is 0.00000392. The summed E-state index contributed by atoms with van der Waals surface area (Å²) in [5.74, 6) is 1.93. The maximum Gasteiger partial charge on any atom is 0.387 e. The number of aliphatic imine (C=N–C) groups is 1. The first-order valence-electron chi connectivity index (χ1n) is 9.34. The second kappa shape index (κ2) is 13.0. The topological polar surface area (TPSA) is 58.1 Å². The lowest BCUT2D eigenvalue weighted by atomic mass is 10.1. The predicted octanol–water partition coefficient (Wildman–Crippen LogP) is 3.31. The van der Waals surface area contributed by atoms with Gasteiger partial charge in [0.15, 0.2) is 5.96 Å². The number of nitrogens with one attached hydrogen (secondary N) is 2. The average Bonchev–Trinajstić information content (AvgIpc) is 3.10. The summed E-state index contributed by atoms with van der Waals surface area (Å²) in [7, 11) is 3.22. The first-order chi connectivity index (χ1) is 13.0. The van der Waals surface area contributed by atoms with Crippen LogP contribution in [0.2, 0.25) is 0 Å². The van der Waals surface area contributed by atoms with Crippen LogP contribution >= 0.6 is 24.0 Å². The van der Waals surface area contributed by atoms with Gasteiger partial charge in [-0.15, -0.1) is 24.0 Å². The van der Waals surface area contributed by atoms with Crippen LogP contribution in [0.5, 0.6) is 11.5 Å². The van der Waals surface area contributed by atoms with E-state index in [4.69, 9.17) is 4.74 Å². The van der Waals surface area contributed by atoms with Crippen LogP contribution in [-0.2, 0) is 6.54 Å². The minimum absolute atomic E-state index is 0. The molecule has 160 valence electrons. The molecule has 2 rings (SSSR count). The van der Waals surface area contributed by atoms with E-state index in [-0.39, 0.29) is 29.7 Å². The lowest BCUT2D eigenvalue weighted by molar-refractivity contribution is -0.0504. The predicted molar refractivity (Wildman–Crippen MR) is 118 cm³/mol. The largest absolute Gasteiger partial charge is 0.497 e. The van der Waals surface area contributed by atoms with E-state index in [0.717, 1.165) is 26.2 Å². The fraction of sp³-hybridized carbons (Fsp3) is 0.632. The van der Waals surface area contributed by atoms with Gasteiger partial charge in [0.2, 0.25) is 0 Å². The highest BCUT2D eigenvalue weighted by Gasteiger charge is 2.21. The van der Waals surface area contributed by atoms with E-state index >= 15 is 0 Å². The minimum atomic E-state index is -2.87. The Labute approximate surface area is 183 Å². The number of alkyl halides is 2. The van der Waals surface area contributed by atoms with Crippen molar-refractivity contribution in [3.63, 3.8) is 0 Å². The van der Waals surface area contributed by atoms with Crippen LogP contribution < -0.4 is 20.1 Å². The molecule has 1 atom stereocenters. The van der Waals surface area contributed by atoms with Crippen molar-refractivity contribution < 1.29 is 18.3 Å². The second-order valence-corrected chi connectivity index (χ2v) is 6.61.